The zero-order valence-electron chi connectivity index (χ0n) is 15.4. The molecule has 0 bridgehead atoms. The molecule has 25 heavy (non-hydrogen) atoms. The summed E-state index contributed by atoms with van der Waals surface area (Å²) in [6.07, 6.45) is 2.76. The fourth-order valence-corrected chi connectivity index (χ4v) is 2.89. The van der Waals surface area contributed by atoms with Crippen LogP contribution in [0.5, 0.6) is 0 Å². The summed E-state index contributed by atoms with van der Waals surface area (Å²) in [5.41, 5.74) is 3.52. The van der Waals surface area contributed by atoms with Gasteiger partial charge in [-0.15, -0.1) is 0 Å². The van der Waals surface area contributed by atoms with Gasteiger partial charge in [-0.2, -0.15) is 0 Å². The quantitative estimate of drug-likeness (QED) is 0.606. The van der Waals surface area contributed by atoms with E-state index in [4.69, 9.17) is 11.6 Å². The number of halogens is 1. The molecule has 0 fully saturated rings. The summed E-state index contributed by atoms with van der Waals surface area (Å²) in [5.74, 6) is 0.782. The molecule has 0 amide bonds. The van der Waals surface area contributed by atoms with Crippen molar-refractivity contribution in [2.75, 3.05) is 13.6 Å². The second kappa shape index (κ2) is 8.86. The molecule has 0 atom stereocenters. The van der Waals surface area contributed by atoms with Gasteiger partial charge in [0.1, 0.15) is 0 Å². The smallest absolute Gasteiger partial charge is 0.191 e. The van der Waals surface area contributed by atoms with Crippen LogP contribution in [0, 0.1) is 12.3 Å². The minimum Gasteiger partial charge on any atom is -0.356 e. The molecule has 134 valence electrons. The minimum atomic E-state index is 0.0726. The van der Waals surface area contributed by atoms with Crippen molar-refractivity contribution in [3.05, 3.63) is 64.4 Å². The van der Waals surface area contributed by atoms with E-state index in [-0.39, 0.29) is 5.41 Å². The van der Waals surface area contributed by atoms with Gasteiger partial charge in [0.15, 0.2) is 5.96 Å². The van der Waals surface area contributed by atoms with Crippen LogP contribution in [0.15, 0.2) is 47.6 Å². The average Bonchev–Trinajstić information content (AvgIpc) is 2.56. The molecule has 2 aromatic rings. The van der Waals surface area contributed by atoms with E-state index in [0.29, 0.717) is 6.54 Å². The van der Waals surface area contributed by atoms with Crippen LogP contribution in [0.4, 0.5) is 0 Å². The Balaban J connectivity index is 1.87. The van der Waals surface area contributed by atoms with E-state index in [1.54, 1.807) is 7.05 Å². The third kappa shape index (κ3) is 6.39. The Hall–Kier alpha value is -2.07. The Labute approximate surface area is 155 Å². The van der Waals surface area contributed by atoms with Crippen molar-refractivity contribution < 1.29 is 0 Å². The Bertz CT molecular complexity index is 725. The van der Waals surface area contributed by atoms with Crippen LogP contribution in [-0.4, -0.2) is 24.5 Å². The van der Waals surface area contributed by atoms with Crippen LogP contribution >= 0.6 is 11.6 Å². The molecule has 4 nitrogen and oxygen atoms in total. The molecule has 1 aromatic carbocycles. The number of benzene rings is 1. The van der Waals surface area contributed by atoms with Crippen LogP contribution in [0.25, 0.3) is 0 Å². The maximum absolute atomic E-state index is 6.09. The summed E-state index contributed by atoms with van der Waals surface area (Å²) in [7, 11) is 1.78. The fourth-order valence-electron chi connectivity index (χ4n) is 2.68. The summed E-state index contributed by atoms with van der Waals surface area (Å²) in [4.78, 5) is 8.70. The van der Waals surface area contributed by atoms with Gasteiger partial charge >= 0.3 is 0 Å². The molecule has 2 N–H and O–H groups in total. The number of guanidine groups is 1. The van der Waals surface area contributed by atoms with Crippen molar-refractivity contribution in [2.45, 2.75) is 33.7 Å². The lowest BCUT2D eigenvalue weighted by Gasteiger charge is -2.26. The highest BCUT2D eigenvalue weighted by Gasteiger charge is 2.19. The third-order valence-corrected chi connectivity index (χ3v) is 4.31. The molecular formula is C20H27ClN4. The van der Waals surface area contributed by atoms with Gasteiger partial charge in [-0.1, -0.05) is 43.6 Å². The van der Waals surface area contributed by atoms with Gasteiger partial charge in [0.25, 0.3) is 0 Å². The summed E-state index contributed by atoms with van der Waals surface area (Å²) >= 11 is 6.09. The molecule has 0 aliphatic carbocycles. The molecule has 5 heteroatoms. The first-order valence-corrected chi connectivity index (χ1v) is 8.87. The zero-order chi connectivity index (χ0) is 18.3. The van der Waals surface area contributed by atoms with Gasteiger partial charge in [-0.25, -0.2) is 0 Å². The number of pyridine rings is 1. The SMILES string of the molecule is CN=C(NCc1ncccc1C)NCC(C)(C)Cc1cccc(Cl)c1. The number of nitrogens with zero attached hydrogens (tertiary/aromatic N) is 2. The topological polar surface area (TPSA) is 49.3 Å². The molecule has 0 aliphatic heterocycles. The van der Waals surface area contributed by atoms with E-state index in [2.05, 4.69) is 53.5 Å². The predicted octanol–water partition coefficient (Wildman–Crippen LogP) is 3.98. The van der Waals surface area contributed by atoms with Crippen molar-refractivity contribution in [2.24, 2.45) is 10.4 Å². The first-order chi connectivity index (χ1) is 11.9. The Morgan fingerprint density at radius 2 is 2.00 bits per heavy atom. The first kappa shape index (κ1) is 19.3. The molecule has 0 saturated heterocycles. The lowest BCUT2D eigenvalue weighted by Crippen LogP contribution is -2.42. The number of aromatic nitrogens is 1. The Morgan fingerprint density at radius 3 is 2.68 bits per heavy atom. The maximum Gasteiger partial charge on any atom is 0.191 e. The molecule has 1 heterocycles. The minimum absolute atomic E-state index is 0.0726. The number of rotatable bonds is 6. The highest BCUT2D eigenvalue weighted by Crippen LogP contribution is 2.22. The summed E-state index contributed by atoms with van der Waals surface area (Å²) in [6, 6.07) is 12.1. The van der Waals surface area contributed by atoms with Crippen molar-refractivity contribution in [1.82, 2.24) is 15.6 Å². The van der Waals surface area contributed by atoms with Crippen molar-refractivity contribution >= 4 is 17.6 Å². The predicted molar refractivity (Wildman–Crippen MR) is 106 cm³/mol. The maximum atomic E-state index is 6.09. The molecule has 0 aliphatic rings. The molecular weight excluding hydrogens is 332 g/mol. The van der Waals surface area contributed by atoms with E-state index < -0.39 is 0 Å². The van der Waals surface area contributed by atoms with Crippen molar-refractivity contribution in [1.29, 1.82) is 0 Å². The van der Waals surface area contributed by atoms with Gasteiger partial charge in [-0.05, 0) is 48.1 Å². The van der Waals surface area contributed by atoms with E-state index >= 15 is 0 Å². The average molecular weight is 359 g/mol. The highest BCUT2D eigenvalue weighted by molar-refractivity contribution is 6.30. The van der Waals surface area contributed by atoms with Gasteiger partial charge in [0, 0.05) is 24.8 Å². The Kier molecular flexibility index (Phi) is 6.82. The zero-order valence-corrected chi connectivity index (χ0v) is 16.2. The van der Waals surface area contributed by atoms with Gasteiger partial charge in [-0.3, -0.25) is 9.98 Å². The second-order valence-electron chi connectivity index (χ2n) is 7.02. The second-order valence-corrected chi connectivity index (χ2v) is 7.45. The van der Waals surface area contributed by atoms with E-state index in [1.807, 2.05) is 30.5 Å². The standard InChI is InChI=1S/C20H27ClN4/c1-15-7-6-10-23-18(15)13-24-19(22-4)25-14-20(2,3)12-16-8-5-9-17(21)11-16/h5-11H,12-14H2,1-4H3,(H2,22,24,25). The summed E-state index contributed by atoms with van der Waals surface area (Å²) in [6.45, 7) is 7.99. The number of hydrogen-bond donors (Lipinski definition) is 2. The van der Waals surface area contributed by atoms with Crippen LogP contribution in [-0.2, 0) is 13.0 Å². The molecule has 0 saturated carbocycles. The number of aliphatic imine (C=N–C) groups is 1. The third-order valence-electron chi connectivity index (χ3n) is 4.07. The number of hydrogen-bond acceptors (Lipinski definition) is 2. The van der Waals surface area contributed by atoms with Crippen LogP contribution in [0.3, 0.4) is 0 Å². The largest absolute Gasteiger partial charge is 0.356 e. The van der Waals surface area contributed by atoms with E-state index in [0.717, 1.165) is 29.6 Å². The van der Waals surface area contributed by atoms with Gasteiger partial charge in [0.2, 0.25) is 0 Å². The molecule has 0 unspecified atom stereocenters. The summed E-state index contributed by atoms with van der Waals surface area (Å²) < 4.78 is 0. The van der Waals surface area contributed by atoms with Crippen LogP contribution in [0.2, 0.25) is 5.02 Å². The number of aryl methyl sites for hydroxylation is 1. The highest BCUT2D eigenvalue weighted by atomic mass is 35.5. The van der Waals surface area contributed by atoms with E-state index in [1.165, 1.54) is 11.1 Å². The summed E-state index contributed by atoms with van der Waals surface area (Å²) in [5, 5.41) is 7.52. The van der Waals surface area contributed by atoms with E-state index in [9.17, 15) is 0 Å². The van der Waals surface area contributed by atoms with Crippen molar-refractivity contribution in [3.8, 4) is 0 Å². The van der Waals surface area contributed by atoms with Crippen LogP contribution in [0.1, 0.15) is 30.7 Å². The van der Waals surface area contributed by atoms with Crippen molar-refractivity contribution in [3.63, 3.8) is 0 Å². The first-order valence-electron chi connectivity index (χ1n) is 8.49. The van der Waals surface area contributed by atoms with Gasteiger partial charge in [0.05, 0.1) is 12.2 Å². The molecule has 2 rings (SSSR count). The lowest BCUT2D eigenvalue weighted by molar-refractivity contribution is 0.359. The molecule has 1 aromatic heterocycles. The van der Waals surface area contributed by atoms with Crippen LogP contribution < -0.4 is 10.6 Å². The Morgan fingerprint density at radius 1 is 1.20 bits per heavy atom. The molecule has 0 spiro atoms. The number of nitrogens with one attached hydrogen (secondary N) is 2. The van der Waals surface area contributed by atoms with Gasteiger partial charge < -0.3 is 10.6 Å². The molecule has 0 radical (unpaired) electrons. The lowest BCUT2D eigenvalue weighted by atomic mass is 9.86. The monoisotopic (exact) mass is 358 g/mol. The normalized spacial score (nSPS) is 12.1. The fraction of sp³-hybridized carbons (Fsp3) is 0.400.